The fourth-order valence-electron chi connectivity index (χ4n) is 1.40. The first-order valence-electron chi connectivity index (χ1n) is 5.56. The van der Waals surface area contributed by atoms with Gasteiger partial charge in [-0.05, 0) is 19.2 Å². The molecule has 1 aromatic rings. The lowest BCUT2D eigenvalue weighted by Crippen LogP contribution is -2.29. The number of nitrogens with zero attached hydrogens (tertiary/aromatic N) is 1. The Morgan fingerprint density at radius 2 is 2.12 bits per heavy atom. The van der Waals surface area contributed by atoms with Crippen molar-refractivity contribution in [3.05, 3.63) is 30.1 Å². The van der Waals surface area contributed by atoms with Crippen molar-refractivity contribution in [3.63, 3.8) is 0 Å². The molecular formula is C12H18FN3O. The van der Waals surface area contributed by atoms with Gasteiger partial charge in [0.25, 0.3) is 0 Å². The van der Waals surface area contributed by atoms with Crippen LogP contribution in [0.1, 0.15) is 6.42 Å². The number of hydrogen-bond acceptors (Lipinski definition) is 3. The number of likely N-dealkylation sites (N-methyl/N-ethyl adjacent to an activating group) is 1. The first-order chi connectivity index (χ1) is 8.13. The zero-order valence-electron chi connectivity index (χ0n) is 9.95. The third kappa shape index (κ3) is 4.93. The Morgan fingerprint density at radius 1 is 1.41 bits per heavy atom. The van der Waals surface area contributed by atoms with Gasteiger partial charge in [0.05, 0.1) is 5.69 Å². The zero-order chi connectivity index (χ0) is 12.7. The molecule has 1 rings (SSSR count). The summed E-state index contributed by atoms with van der Waals surface area (Å²) in [4.78, 5) is 13.5. The van der Waals surface area contributed by atoms with Crippen LogP contribution in [0.3, 0.4) is 0 Å². The van der Waals surface area contributed by atoms with Crippen molar-refractivity contribution in [1.29, 1.82) is 0 Å². The van der Waals surface area contributed by atoms with Crippen LogP contribution in [0, 0.1) is 5.82 Å². The molecule has 0 heterocycles. The predicted molar refractivity (Wildman–Crippen MR) is 66.2 cm³/mol. The van der Waals surface area contributed by atoms with E-state index >= 15 is 0 Å². The Bertz CT molecular complexity index is 371. The fourth-order valence-corrected chi connectivity index (χ4v) is 1.40. The minimum atomic E-state index is -0.420. The van der Waals surface area contributed by atoms with Crippen LogP contribution in [-0.4, -0.2) is 37.5 Å². The number of carbonyl (C=O) groups is 1. The number of halogens is 1. The Hall–Kier alpha value is -1.46. The number of carbonyl (C=O) groups excluding carboxylic acids is 1. The van der Waals surface area contributed by atoms with Crippen LogP contribution < -0.4 is 11.1 Å². The number of nitrogens with one attached hydrogen (secondary N) is 1. The minimum absolute atomic E-state index is 0.195. The second-order valence-corrected chi connectivity index (χ2v) is 3.87. The lowest BCUT2D eigenvalue weighted by atomic mass is 10.3. The van der Waals surface area contributed by atoms with Gasteiger partial charge < -0.3 is 16.0 Å². The number of para-hydroxylation sites is 1. The highest BCUT2D eigenvalue weighted by Gasteiger charge is 2.07. The molecule has 1 amide bonds. The van der Waals surface area contributed by atoms with Gasteiger partial charge in [-0.15, -0.1) is 0 Å². The number of nitrogens with two attached hydrogens (primary N) is 1. The van der Waals surface area contributed by atoms with E-state index in [1.165, 1.54) is 12.1 Å². The number of benzene rings is 1. The first-order valence-corrected chi connectivity index (χ1v) is 5.56. The van der Waals surface area contributed by atoms with Gasteiger partial charge in [-0.1, -0.05) is 12.1 Å². The summed E-state index contributed by atoms with van der Waals surface area (Å²) in [6.07, 6.45) is 0.324. The fraction of sp³-hybridized carbons (Fsp3) is 0.417. The highest BCUT2D eigenvalue weighted by atomic mass is 19.1. The van der Waals surface area contributed by atoms with Crippen molar-refractivity contribution in [2.24, 2.45) is 5.73 Å². The molecule has 0 radical (unpaired) electrons. The molecule has 0 aliphatic carbocycles. The van der Waals surface area contributed by atoms with E-state index < -0.39 is 5.82 Å². The SMILES string of the molecule is CN(CCN)CCC(=O)Nc1ccccc1F. The average molecular weight is 239 g/mol. The standard InChI is InChI=1S/C12H18FN3O/c1-16(9-7-14)8-6-12(17)15-11-5-3-2-4-10(11)13/h2-5H,6-9,14H2,1H3,(H,15,17). The summed E-state index contributed by atoms with van der Waals surface area (Å²) >= 11 is 0. The van der Waals surface area contributed by atoms with Crippen molar-refractivity contribution < 1.29 is 9.18 Å². The summed E-state index contributed by atoms with van der Waals surface area (Å²) in [6, 6.07) is 6.12. The van der Waals surface area contributed by atoms with Crippen molar-refractivity contribution in [3.8, 4) is 0 Å². The molecule has 94 valence electrons. The summed E-state index contributed by atoms with van der Waals surface area (Å²) in [6.45, 7) is 1.91. The van der Waals surface area contributed by atoms with Gasteiger partial charge in [-0.25, -0.2) is 4.39 Å². The average Bonchev–Trinajstić information content (AvgIpc) is 2.30. The molecule has 0 unspecified atom stereocenters. The molecule has 0 bridgehead atoms. The third-order valence-electron chi connectivity index (χ3n) is 2.38. The van der Waals surface area contributed by atoms with Crippen molar-refractivity contribution in [1.82, 2.24) is 4.90 Å². The van der Waals surface area contributed by atoms with Crippen molar-refractivity contribution in [2.45, 2.75) is 6.42 Å². The molecule has 3 N–H and O–H groups in total. The molecule has 0 aliphatic rings. The van der Waals surface area contributed by atoms with Gasteiger partial charge in [0.1, 0.15) is 5.82 Å². The Kier molecular flexibility index (Phi) is 5.59. The summed E-state index contributed by atoms with van der Waals surface area (Å²) in [5, 5.41) is 2.54. The van der Waals surface area contributed by atoms with Gasteiger partial charge in [0, 0.05) is 26.1 Å². The molecule has 0 atom stereocenters. The van der Waals surface area contributed by atoms with E-state index in [-0.39, 0.29) is 11.6 Å². The van der Waals surface area contributed by atoms with Crippen LogP contribution >= 0.6 is 0 Å². The second kappa shape index (κ2) is 6.98. The highest BCUT2D eigenvalue weighted by molar-refractivity contribution is 5.90. The van der Waals surface area contributed by atoms with E-state index in [0.29, 0.717) is 19.5 Å². The van der Waals surface area contributed by atoms with E-state index in [1.807, 2.05) is 11.9 Å². The number of anilines is 1. The van der Waals surface area contributed by atoms with Gasteiger partial charge in [-0.2, -0.15) is 0 Å². The van der Waals surface area contributed by atoms with Gasteiger partial charge in [-0.3, -0.25) is 4.79 Å². The number of rotatable bonds is 6. The van der Waals surface area contributed by atoms with Crippen LogP contribution in [0.5, 0.6) is 0 Å². The van der Waals surface area contributed by atoms with Gasteiger partial charge in [0.15, 0.2) is 0 Å². The predicted octanol–water partition coefficient (Wildman–Crippen LogP) is 1.04. The molecule has 0 spiro atoms. The highest BCUT2D eigenvalue weighted by Crippen LogP contribution is 2.12. The largest absolute Gasteiger partial charge is 0.329 e. The van der Waals surface area contributed by atoms with E-state index in [0.717, 1.165) is 6.54 Å². The molecule has 0 saturated heterocycles. The maximum Gasteiger partial charge on any atom is 0.225 e. The second-order valence-electron chi connectivity index (χ2n) is 3.87. The van der Waals surface area contributed by atoms with Crippen LogP contribution in [0.25, 0.3) is 0 Å². The molecule has 0 fully saturated rings. The molecule has 0 aromatic heterocycles. The monoisotopic (exact) mass is 239 g/mol. The molecule has 4 nitrogen and oxygen atoms in total. The van der Waals surface area contributed by atoms with Crippen LogP contribution in [0.4, 0.5) is 10.1 Å². The van der Waals surface area contributed by atoms with E-state index in [1.54, 1.807) is 12.1 Å². The van der Waals surface area contributed by atoms with Gasteiger partial charge >= 0.3 is 0 Å². The number of hydrogen-bond donors (Lipinski definition) is 2. The molecule has 17 heavy (non-hydrogen) atoms. The number of amides is 1. The smallest absolute Gasteiger partial charge is 0.225 e. The third-order valence-corrected chi connectivity index (χ3v) is 2.38. The topological polar surface area (TPSA) is 58.4 Å². The summed E-state index contributed by atoms with van der Waals surface area (Å²) < 4.78 is 13.2. The maximum atomic E-state index is 13.2. The van der Waals surface area contributed by atoms with Crippen LogP contribution in [0.15, 0.2) is 24.3 Å². The van der Waals surface area contributed by atoms with E-state index in [2.05, 4.69) is 5.32 Å². The van der Waals surface area contributed by atoms with E-state index in [4.69, 9.17) is 5.73 Å². The maximum absolute atomic E-state index is 13.2. The molecule has 0 saturated carbocycles. The van der Waals surface area contributed by atoms with Gasteiger partial charge in [0.2, 0.25) is 5.91 Å². The Balaban J connectivity index is 2.37. The summed E-state index contributed by atoms with van der Waals surface area (Å²) in [5.74, 6) is -0.616. The van der Waals surface area contributed by atoms with Crippen molar-refractivity contribution >= 4 is 11.6 Å². The summed E-state index contributed by atoms with van der Waals surface area (Å²) in [7, 11) is 1.89. The van der Waals surface area contributed by atoms with Crippen LogP contribution in [-0.2, 0) is 4.79 Å². The summed E-state index contributed by atoms with van der Waals surface area (Å²) in [5.41, 5.74) is 5.61. The lowest BCUT2D eigenvalue weighted by Gasteiger charge is -2.14. The Labute approximate surface area is 101 Å². The molecule has 1 aromatic carbocycles. The first kappa shape index (κ1) is 13.6. The lowest BCUT2D eigenvalue weighted by molar-refractivity contribution is -0.116. The van der Waals surface area contributed by atoms with Crippen LogP contribution in [0.2, 0.25) is 0 Å². The zero-order valence-corrected chi connectivity index (χ0v) is 9.95. The van der Waals surface area contributed by atoms with Crippen molar-refractivity contribution in [2.75, 3.05) is 32.0 Å². The molecular weight excluding hydrogens is 221 g/mol. The quantitative estimate of drug-likeness (QED) is 0.780. The molecule has 0 aliphatic heterocycles. The Morgan fingerprint density at radius 3 is 2.76 bits per heavy atom. The van der Waals surface area contributed by atoms with E-state index in [9.17, 15) is 9.18 Å². The molecule has 5 heteroatoms. The minimum Gasteiger partial charge on any atom is -0.329 e. The normalized spacial score (nSPS) is 10.6.